The summed E-state index contributed by atoms with van der Waals surface area (Å²) in [5, 5.41) is 2.92. The number of hydrogen-bond donors (Lipinski definition) is 1. The lowest BCUT2D eigenvalue weighted by molar-refractivity contribution is -0.119. The lowest BCUT2D eigenvalue weighted by atomic mass is 9.76. The van der Waals surface area contributed by atoms with E-state index in [0.29, 0.717) is 17.3 Å². The minimum absolute atomic E-state index is 0.0862. The molecule has 1 aliphatic carbocycles. The predicted molar refractivity (Wildman–Crippen MR) is 104 cm³/mol. The van der Waals surface area contributed by atoms with Crippen molar-refractivity contribution < 1.29 is 9.59 Å². The molecule has 0 spiro atoms. The van der Waals surface area contributed by atoms with Crippen LogP contribution in [0.2, 0.25) is 0 Å². The zero-order valence-electron chi connectivity index (χ0n) is 15.9. The third-order valence-electron chi connectivity index (χ3n) is 5.11. The fourth-order valence-corrected chi connectivity index (χ4v) is 3.76. The van der Waals surface area contributed by atoms with Crippen molar-refractivity contribution in [2.75, 3.05) is 19.4 Å². The van der Waals surface area contributed by atoms with Gasteiger partial charge in [-0.15, -0.1) is 0 Å². The second-order valence-corrected chi connectivity index (χ2v) is 7.28. The molecule has 1 atom stereocenters. The highest BCUT2D eigenvalue weighted by atomic mass is 16.2. The van der Waals surface area contributed by atoms with Crippen LogP contribution in [-0.4, -0.2) is 40.8 Å². The van der Waals surface area contributed by atoms with Gasteiger partial charge in [-0.3, -0.25) is 14.6 Å². The summed E-state index contributed by atoms with van der Waals surface area (Å²) in [6.07, 6.45) is 10.7. The number of nitrogens with zero attached hydrogens (tertiary/aromatic N) is 3. The molecule has 6 nitrogen and oxygen atoms in total. The van der Waals surface area contributed by atoms with Crippen molar-refractivity contribution in [1.29, 1.82) is 0 Å². The molecule has 27 heavy (non-hydrogen) atoms. The lowest BCUT2D eigenvalue weighted by Crippen LogP contribution is -2.29. The molecule has 0 aliphatic heterocycles. The number of nitrogens with one attached hydrogen (secondary N) is 1. The summed E-state index contributed by atoms with van der Waals surface area (Å²) in [4.78, 5) is 35.2. The topological polar surface area (TPSA) is 75.2 Å². The number of aromatic nitrogens is 2. The van der Waals surface area contributed by atoms with Gasteiger partial charge >= 0.3 is 0 Å². The number of pyridine rings is 2. The highest BCUT2D eigenvalue weighted by molar-refractivity contribution is 5.98. The van der Waals surface area contributed by atoms with E-state index in [0.717, 1.165) is 31.2 Å². The zero-order chi connectivity index (χ0) is 19.2. The first-order valence-electron chi connectivity index (χ1n) is 9.45. The number of anilines is 1. The molecule has 0 aromatic carbocycles. The number of amides is 2. The quantitative estimate of drug-likeness (QED) is 0.879. The summed E-state index contributed by atoms with van der Waals surface area (Å²) >= 11 is 0. The van der Waals surface area contributed by atoms with Crippen molar-refractivity contribution in [1.82, 2.24) is 14.9 Å². The average molecular weight is 366 g/mol. The SMILES string of the molecule is CN(C)C(=O)c1ccnc(NC(=O)C(c2cccnc2)C2CCCCC2)c1. The van der Waals surface area contributed by atoms with E-state index in [9.17, 15) is 9.59 Å². The maximum atomic E-state index is 13.2. The van der Waals surface area contributed by atoms with Crippen LogP contribution in [0.5, 0.6) is 0 Å². The van der Waals surface area contributed by atoms with E-state index in [1.54, 1.807) is 44.8 Å². The third kappa shape index (κ3) is 4.70. The van der Waals surface area contributed by atoms with E-state index >= 15 is 0 Å². The van der Waals surface area contributed by atoms with Gasteiger partial charge < -0.3 is 10.2 Å². The Morgan fingerprint density at radius 1 is 1.15 bits per heavy atom. The van der Waals surface area contributed by atoms with Crippen LogP contribution >= 0.6 is 0 Å². The molecule has 6 heteroatoms. The van der Waals surface area contributed by atoms with Crippen molar-refractivity contribution in [3.8, 4) is 0 Å². The molecule has 1 N–H and O–H groups in total. The zero-order valence-corrected chi connectivity index (χ0v) is 15.9. The van der Waals surface area contributed by atoms with Gasteiger partial charge in [-0.1, -0.05) is 25.3 Å². The van der Waals surface area contributed by atoms with Gasteiger partial charge in [0, 0.05) is 38.2 Å². The predicted octanol–water partition coefficient (Wildman–Crippen LogP) is 3.48. The second-order valence-electron chi connectivity index (χ2n) is 7.28. The van der Waals surface area contributed by atoms with Crippen molar-refractivity contribution >= 4 is 17.6 Å². The first-order chi connectivity index (χ1) is 13.1. The molecule has 1 aliphatic rings. The van der Waals surface area contributed by atoms with E-state index in [4.69, 9.17) is 0 Å². The first kappa shape index (κ1) is 19.0. The molecule has 1 unspecified atom stereocenters. The normalized spacial score (nSPS) is 15.8. The highest BCUT2D eigenvalue weighted by Crippen LogP contribution is 2.36. The Hall–Kier alpha value is -2.76. The van der Waals surface area contributed by atoms with Crippen LogP contribution in [-0.2, 0) is 4.79 Å². The van der Waals surface area contributed by atoms with Crippen molar-refractivity contribution in [2.24, 2.45) is 5.92 Å². The van der Waals surface area contributed by atoms with Crippen LogP contribution in [0.3, 0.4) is 0 Å². The van der Waals surface area contributed by atoms with E-state index in [1.165, 1.54) is 11.3 Å². The molecule has 2 amide bonds. The summed E-state index contributed by atoms with van der Waals surface area (Å²) in [6.45, 7) is 0. The molecule has 2 aromatic heterocycles. The summed E-state index contributed by atoms with van der Waals surface area (Å²) < 4.78 is 0. The van der Waals surface area contributed by atoms with E-state index in [1.807, 2.05) is 12.1 Å². The van der Waals surface area contributed by atoms with Gasteiger partial charge in [-0.2, -0.15) is 0 Å². The van der Waals surface area contributed by atoms with Gasteiger partial charge in [0.1, 0.15) is 5.82 Å². The van der Waals surface area contributed by atoms with Gasteiger partial charge in [0.15, 0.2) is 0 Å². The number of carbonyl (C=O) groups is 2. The Labute approximate surface area is 160 Å². The molecular formula is C21H26N4O2. The minimum Gasteiger partial charge on any atom is -0.345 e. The van der Waals surface area contributed by atoms with Crippen LogP contribution in [0.25, 0.3) is 0 Å². The molecular weight excluding hydrogens is 340 g/mol. The fraction of sp³-hybridized carbons (Fsp3) is 0.429. The van der Waals surface area contributed by atoms with Crippen molar-refractivity contribution in [3.05, 3.63) is 54.0 Å². The molecule has 0 bridgehead atoms. The summed E-state index contributed by atoms with van der Waals surface area (Å²) in [7, 11) is 3.39. The second kappa shape index (κ2) is 8.75. The maximum absolute atomic E-state index is 13.2. The van der Waals surface area contributed by atoms with E-state index in [2.05, 4.69) is 15.3 Å². The van der Waals surface area contributed by atoms with Gasteiger partial charge in [0.25, 0.3) is 5.91 Å². The molecule has 0 saturated heterocycles. The van der Waals surface area contributed by atoms with E-state index in [-0.39, 0.29) is 17.7 Å². The summed E-state index contributed by atoms with van der Waals surface area (Å²) in [5.41, 5.74) is 1.43. The highest BCUT2D eigenvalue weighted by Gasteiger charge is 2.31. The largest absolute Gasteiger partial charge is 0.345 e. The Morgan fingerprint density at radius 2 is 1.93 bits per heavy atom. The van der Waals surface area contributed by atoms with Crippen LogP contribution in [0.1, 0.15) is 53.9 Å². The maximum Gasteiger partial charge on any atom is 0.253 e. The van der Waals surface area contributed by atoms with Crippen molar-refractivity contribution in [3.63, 3.8) is 0 Å². The number of rotatable bonds is 5. The van der Waals surface area contributed by atoms with Gasteiger partial charge in [0.05, 0.1) is 5.92 Å². The molecule has 3 rings (SSSR count). The number of hydrogen-bond acceptors (Lipinski definition) is 4. The monoisotopic (exact) mass is 366 g/mol. The van der Waals surface area contributed by atoms with Crippen LogP contribution in [0.15, 0.2) is 42.9 Å². The Balaban J connectivity index is 1.82. The van der Waals surface area contributed by atoms with Gasteiger partial charge in [-0.25, -0.2) is 4.98 Å². The van der Waals surface area contributed by atoms with Crippen LogP contribution < -0.4 is 5.32 Å². The van der Waals surface area contributed by atoms with Crippen molar-refractivity contribution in [2.45, 2.75) is 38.0 Å². The molecule has 1 fully saturated rings. The summed E-state index contributed by atoms with van der Waals surface area (Å²) in [6, 6.07) is 7.11. The first-order valence-corrected chi connectivity index (χ1v) is 9.45. The lowest BCUT2D eigenvalue weighted by Gasteiger charge is -2.29. The summed E-state index contributed by atoms with van der Waals surface area (Å²) in [5.74, 6) is 0.238. The van der Waals surface area contributed by atoms with Gasteiger partial charge in [0.2, 0.25) is 5.91 Å². The molecule has 142 valence electrons. The van der Waals surface area contributed by atoms with Crippen LogP contribution in [0, 0.1) is 5.92 Å². The molecule has 1 saturated carbocycles. The standard InChI is InChI=1S/C21H26N4O2/c1-25(2)21(27)16-10-12-23-18(13-16)24-20(26)19(15-7-4-3-5-8-15)17-9-6-11-22-14-17/h6,9-15,19H,3-5,7-8H2,1-2H3,(H,23,24,26). The van der Waals surface area contributed by atoms with Crippen LogP contribution in [0.4, 0.5) is 5.82 Å². The third-order valence-corrected chi connectivity index (χ3v) is 5.11. The minimum atomic E-state index is -0.256. The molecule has 2 aromatic rings. The Kier molecular flexibility index (Phi) is 6.16. The average Bonchev–Trinajstić information content (AvgIpc) is 2.69. The Bertz CT molecular complexity index is 786. The smallest absolute Gasteiger partial charge is 0.253 e. The fourth-order valence-electron chi connectivity index (χ4n) is 3.76. The molecule has 0 radical (unpaired) electrons. The van der Waals surface area contributed by atoms with Gasteiger partial charge in [-0.05, 0) is 42.5 Å². The number of carbonyl (C=O) groups excluding carboxylic acids is 2. The Morgan fingerprint density at radius 3 is 2.59 bits per heavy atom. The molecule has 2 heterocycles. The van der Waals surface area contributed by atoms with E-state index < -0.39 is 0 Å².